The molecule has 0 unspecified atom stereocenters. The van der Waals surface area contributed by atoms with Crippen LogP contribution in [0.1, 0.15) is 30.9 Å². The van der Waals surface area contributed by atoms with Crippen LogP contribution < -0.4 is 5.32 Å². The number of nitrogens with zero attached hydrogens (tertiary/aromatic N) is 1. The maximum atomic E-state index is 12.2. The molecule has 0 spiro atoms. The lowest BCUT2D eigenvalue weighted by Crippen LogP contribution is -2.36. The number of hydrogen-bond acceptors (Lipinski definition) is 3. The Kier molecular flexibility index (Phi) is 5.07. The second kappa shape index (κ2) is 6.80. The molecule has 0 aliphatic carbocycles. The van der Waals surface area contributed by atoms with E-state index < -0.39 is 0 Å². The summed E-state index contributed by atoms with van der Waals surface area (Å²) in [4.78, 5) is 25.4. The van der Waals surface area contributed by atoms with E-state index in [0.717, 1.165) is 16.8 Å². The molecule has 1 aliphatic heterocycles. The van der Waals surface area contributed by atoms with Gasteiger partial charge in [0.25, 0.3) is 0 Å². The summed E-state index contributed by atoms with van der Waals surface area (Å²) in [7, 11) is 0. The van der Waals surface area contributed by atoms with Gasteiger partial charge in [0.1, 0.15) is 6.54 Å². The SMILES string of the molecule is Cc1cccc(C(C)C)c1NC(=O)CN1C=CSCC1=O. The van der Waals surface area contributed by atoms with Crippen molar-refractivity contribution in [2.45, 2.75) is 26.7 Å². The third-order valence-electron chi connectivity index (χ3n) is 3.37. The van der Waals surface area contributed by atoms with Crippen LogP contribution in [-0.2, 0) is 9.59 Å². The molecule has 0 aromatic heterocycles. The fourth-order valence-corrected chi connectivity index (χ4v) is 2.86. The molecule has 5 heteroatoms. The molecule has 0 bridgehead atoms. The van der Waals surface area contributed by atoms with E-state index in [1.165, 1.54) is 16.7 Å². The van der Waals surface area contributed by atoms with Crippen molar-refractivity contribution in [1.29, 1.82) is 0 Å². The van der Waals surface area contributed by atoms with Crippen LogP contribution in [0, 0.1) is 6.92 Å². The Hall–Kier alpha value is -1.75. The number of amides is 2. The van der Waals surface area contributed by atoms with Gasteiger partial charge in [0.05, 0.1) is 5.75 Å². The minimum Gasteiger partial charge on any atom is -0.324 e. The van der Waals surface area contributed by atoms with Crippen molar-refractivity contribution < 1.29 is 9.59 Å². The van der Waals surface area contributed by atoms with Gasteiger partial charge >= 0.3 is 0 Å². The molecule has 1 aromatic carbocycles. The molecule has 112 valence electrons. The Balaban J connectivity index is 2.11. The number of carbonyl (C=O) groups excluding carboxylic acids is 2. The first kappa shape index (κ1) is 15.6. The number of hydrogen-bond donors (Lipinski definition) is 1. The fraction of sp³-hybridized carbons (Fsp3) is 0.375. The zero-order chi connectivity index (χ0) is 15.4. The van der Waals surface area contributed by atoms with Crippen molar-refractivity contribution in [3.8, 4) is 0 Å². The van der Waals surface area contributed by atoms with Gasteiger partial charge in [-0.1, -0.05) is 32.0 Å². The lowest BCUT2D eigenvalue weighted by atomic mass is 9.98. The van der Waals surface area contributed by atoms with Crippen LogP contribution in [0.3, 0.4) is 0 Å². The van der Waals surface area contributed by atoms with Gasteiger partial charge in [0.2, 0.25) is 11.8 Å². The van der Waals surface area contributed by atoms with Gasteiger partial charge < -0.3 is 10.2 Å². The highest BCUT2D eigenvalue weighted by atomic mass is 32.2. The summed E-state index contributed by atoms with van der Waals surface area (Å²) in [5.41, 5.74) is 3.00. The summed E-state index contributed by atoms with van der Waals surface area (Å²) in [6, 6.07) is 5.99. The number of rotatable bonds is 4. The zero-order valence-electron chi connectivity index (χ0n) is 12.6. The van der Waals surface area contributed by atoms with E-state index >= 15 is 0 Å². The number of para-hydroxylation sites is 1. The van der Waals surface area contributed by atoms with Crippen molar-refractivity contribution in [2.75, 3.05) is 17.6 Å². The van der Waals surface area contributed by atoms with Crippen molar-refractivity contribution in [3.05, 3.63) is 40.9 Å². The molecule has 1 aliphatic rings. The van der Waals surface area contributed by atoms with Crippen molar-refractivity contribution in [1.82, 2.24) is 4.90 Å². The molecule has 4 nitrogen and oxygen atoms in total. The second-order valence-electron chi connectivity index (χ2n) is 5.36. The lowest BCUT2D eigenvalue weighted by Gasteiger charge is -2.22. The third kappa shape index (κ3) is 3.88. The van der Waals surface area contributed by atoms with Crippen molar-refractivity contribution in [2.24, 2.45) is 0 Å². The van der Waals surface area contributed by atoms with Crippen LogP contribution >= 0.6 is 11.8 Å². The van der Waals surface area contributed by atoms with Crippen LogP contribution in [0.2, 0.25) is 0 Å². The molecule has 0 saturated heterocycles. The first-order valence-corrected chi connectivity index (χ1v) is 8.01. The maximum Gasteiger partial charge on any atom is 0.244 e. The molecular weight excluding hydrogens is 284 g/mol. The van der Waals surface area contributed by atoms with Gasteiger partial charge in [0, 0.05) is 11.9 Å². The van der Waals surface area contributed by atoms with Crippen LogP contribution in [0.25, 0.3) is 0 Å². The van der Waals surface area contributed by atoms with E-state index in [0.29, 0.717) is 11.7 Å². The van der Waals surface area contributed by atoms with E-state index in [2.05, 4.69) is 19.2 Å². The minimum absolute atomic E-state index is 0.0356. The Bertz CT molecular complexity index is 582. The highest BCUT2D eigenvalue weighted by Crippen LogP contribution is 2.27. The minimum atomic E-state index is -0.170. The van der Waals surface area contributed by atoms with E-state index in [1.807, 2.05) is 30.5 Å². The largest absolute Gasteiger partial charge is 0.324 e. The summed E-state index contributed by atoms with van der Waals surface area (Å²) in [5.74, 6) is 0.515. The summed E-state index contributed by atoms with van der Waals surface area (Å²) in [6.45, 7) is 6.23. The highest BCUT2D eigenvalue weighted by molar-refractivity contribution is 8.02. The van der Waals surface area contributed by atoms with Crippen LogP contribution in [0.15, 0.2) is 29.8 Å². The third-order valence-corrected chi connectivity index (χ3v) is 4.10. The fourth-order valence-electron chi connectivity index (χ4n) is 2.22. The molecule has 1 N–H and O–H groups in total. The van der Waals surface area contributed by atoms with E-state index in [-0.39, 0.29) is 18.4 Å². The van der Waals surface area contributed by atoms with Gasteiger partial charge in [-0.2, -0.15) is 0 Å². The van der Waals surface area contributed by atoms with Gasteiger partial charge in [-0.05, 0) is 29.4 Å². The quantitative estimate of drug-likeness (QED) is 0.930. The molecule has 0 fully saturated rings. The first-order chi connectivity index (χ1) is 9.99. The smallest absolute Gasteiger partial charge is 0.244 e. The maximum absolute atomic E-state index is 12.2. The number of nitrogens with one attached hydrogen (secondary N) is 1. The molecule has 0 atom stereocenters. The molecule has 2 rings (SSSR count). The molecule has 1 aromatic rings. The average molecular weight is 304 g/mol. The van der Waals surface area contributed by atoms with E-state index in [1.54, 1.807) is 6.20 Å². The Morgan fingerprint density at radius 2 is 2.19 bits per heavy atom. The standard InChI is InChI=1S/C16H20N2O2S/c1-11(2)13-6-4-5-12(3)16(13)17-14(19)9-18-7-8-21-10-15(18)20/h4-8,11H,9-10H2,1-3H3,(H,17,19). The Morgan fingerprint density at radius 3 is 2.86 bits per heavy atom. The molecule has 2 amide bonds. The lowest BCUT2D eigenvalue weighted by molar-refractivity contribution is -0.129. The monoisotopic (exact) mass is 304 g/mol. The second-order valence-corrected chi connectivity index (χ2v) is 6.25. The summed E-state index contributed by atoms with van der Waals surface area (Å²) in [6.07, 6.45) is 1.66. The first-order valence-electron chi connectivity index (χ1n) is 6.96. The predicted molar refractivity (Wildman–Crippen MR) is 87.2 cm³/mol. The number of carbonyl (C=O) groups is 2. The number of thioether (sulfide) groups is 1. The van der Waals surface area contributed by atoms with E-state index in [9.17, 15) is 9.59 Å². The number of anilines is 1. The predicted octanol–water partition coefficient (Wildman–Crippen LogP) is 3.10. The Morgan fingerprint density at radius 1 is 1.43 bits per heavy atom. The normalized spacial score (nSPS) is 14.7. The highest BCUT2D eigenvalue weighted by Gasteiger charge is 2.19. The van der Waals surface area contributed by atoms with Crippen LogP contribution in [0.5, 0.6) is 0 Å². The topological polar surface area (TPSA) is 49.4 Å². The van der Waals surface area contributed by atoms with Gasteiger partial charge in [-0.3, -0.25) is 9.59 Å². The number of benzene rings is 1. The average Bonchev–Trinajstić information content (AvgIpc) is 2.43. The summed E-state index contributed by atoms with van der Waals surface area (Å²) in [5, 5.41) is 4.79. The molecular formula is C16H20N2O2S. The summed E-state index contributed by atoms with van der Waals surface area (Å²) >= 11 is 1.44. The summed E-state index contributed by atoms with van der Waals surface area (Å²) < 4.78 is 0. The molecule has 1 heterocycles. The van der Waals surface area contributed by atoms with Gasteiger partial charge in [-0.15, -0.1) is 11.8 Å². The van der Waals surface area contributed by atoms with E-state index in [4.69, 9.17) is 0 Å². The molecule has 0 radical (unpaired) electrons. The van der Waals surface area contributed by atoms with Crippen LogP contribution in [-0.4, -0.2) is 29.0 Å². The van der Waals surface area contributed by atoms with Gasteiger partial charge in [0.15, 0.2) is 0 Å². The molecule has 0 saturated carbocycles. The number of aryl methyl sites for hydroxylation is 1. The van der Waals surface area contributed by atoms with Crippen molar-refractivity contribution >= 4 is 29.3 Å². The van der Waals surface area contributed by atoms with Crippen LogP contribution in [0.4, 0.5) is 5.69 Å². The molecule has 21 heavy (non-hydrogen) atoms. The zero-order valence-corrected chi connectivity index (χ0v) is 13.4. The Labute approximate surface area is 129 Å². The van der Waals surface area contributed by atoms with Gasteiger partial charge in [-0.25, -0.2) is 0 Å². The van der Waals surface area contributed by atoms with Crippen molar-refractivity contribution in [3.63, 3.8) is 0 Å².